The van der Waals surface area contributed by atoms with E-state index in [2.05, 4.69) is 32.6 Å². The van der Waals surface area contributed by atoms with Gasteiger partial charge in [0.15, 0.2) is 0 Å². The van der Waals surface area contributed by atoms with E-state index in [0.717, 1.165) is 6.61 Å². The van der Waals surface area contributed by atoms with Gasteiger partial charge in [-0.05, 0) is 25.5 Å². The first kappa shape index (κ1) is 12.5. The van der Waals surface area contributed by atoms with E-state index in [0.29, 0.717) is 0 Å². The van der Waals surface area contributed by atoms with Gasteiger partial charge in [0.25, 0.3) is 0 Å². The van der Waals surface area contributed by atoms with Gasteiger partial charge in [0.1, 0.15) is 0 Å². The second-order valence-corrected chi connectivity index (χ2v) is 10.2. The zero-order chi connectivity index (χ0) is 10.3. The third-order valence-corrected chi connectivity index (χ3v) is 3.37. The third-order valence-electron chi connectivity index (χ3n) is 1.67. The molecule has 0 aliphatic heterocycles. The summed E-state index contributed by atoms with van der Waals surface area (Å²) in [5, 5.41) is 0. The Morgan fingerprint density at radius 2 is 1.92 bits per heavy atom. The molecule has 0 rings (SSSR count). The first-order valence-corrected chi connectivity index (χ1v) is 8.57. The highest BCUT2D eigenvalue weighted by atomic mass is 28.3. The summed E-state index contributed by atoms with van der Waals surface area (Å²) in [6.07, 6.45) is 5.92. The normalized spacial score (nSPS) is 13.8. The largest absolute Gasteiger partial charge is 0.501 e. The lowest BCUT2D eigenvalue weighted by molar-refractivity contribution is 0.265. The maximum Gasteiger partial charge on any atom is 0.0857 e. The minimum Gasteiger partial charge on any atom is -0.501 e. The second-order valence-electron chi connectivity index (χ2n) is 4.54. The molecular weight excluding hydrogens is 176 g/mol. The van der Waals surface area contributed by atoms with Gasteiger partial charge in [-0.25, -0.2) is 0 Å². The Morgan fingerprint density at radius 1 is 1.31 bits per heavy atom. The molecule has 0 amide bonds. The van der Waals surface area contributed by atoms with E-state index in [1.165, 1.54) is 11.6 Å². The number of ether oxygens (including phenoxy) is 1. The molecule has 0 radical (unpaired) electrons. The molecule has 0 aliphatic carbocycles. The Labute approximate surface area is 83.5 Å². The maximum absolute atomic E-state index is 5.45. The van der Waals surface area contributed by atoms with Crippen molar-refractivity contribution in [1.82, 2.24) is 0 Å². The van der Waals surface area contributed by atoms with Crippen LogP contribution in [0, 0.1) is 0 Å². The third kappa shape index (κ3) is 9.41. The van der Waals surface area contributed by atoms with Crippen molar-refractivity contribution in [3.05, 3.63) is 24.0 Å². The van der Waals surface area contributed by atoms with Crippen LogP contribution in [0.2, 0.25) is 25.7 Å². The molecule has 0 N–H and O–H groups in total. The van der Waals surface area contributed by atoms with Gasteiger partial charge in [-0.3, -0.25) is 0 Å². The molecule has 0 atom stereocenters. The summed E-state index contributed by atoms with van der Waals surface area (Å²) in [7, 11) is -0.920. The Morgan fingerprint density at radius 3 is 2.38 bits per heavy atom. The van der Waals surface area contributed by atoms with Gasteiger partial charge in [-0.2, -0.15) is 0 Å². The second kappa shape index (κ2) is 6.03. The van der Waals surface area contributed by atoms with E-state index in [9.17, 15) is 0 Å². The molecule has 0 spiro atoms. The zero-order valence-electron chi connectivity index (χ0n) is 9.55. The van der Waals surface area contributed by atoms with Crippen LogP contribution in [-0.4, -0.2) is 14.7 Å². The van der Waals surface area contributed by atoms with Crippen LogP contribution in [0.1, 0.15) is 13.8 Å². The molecule has 0 saturated carbocycles. The fourth-order valence-electron chi connectivity index (χ4n) is 0.858. The van der Waals surface area contributed by atoms with Crippen molar-refractivity contribution in [1.29, 1.82) is 0 Å². The van der Waals surface area contributed by atoms with Crippen molar-refractivity contribution in [2.75, 3.05) is 6.61 Å². The van der Waals surface area contributed by atoms with E-state index in [-0.39, 0.29) is 0 Å². The van der Waals surface area contributed by atoms with Crippen molar-refractivity contribution in [2.45, 2.75) is 39.5 Å². The molecule has 0 fully saturated rings. The summed E-state index contributed by atoms with van der Waals surface area (Å²) in [5.41, 5.74) is 1.18. The lowest BCUT2D eigenvalue weighted by Gasteiger charge is -2.14. The Kier molecular flexibility index (Phi) is 5.79. The highest BCUT2D eigenvalue weighted by Gasteiger charge is 2.11. The Hall–Kier alpha value is -0.503. The fraction of sp³-hybridized carbons (Fsp3) is 0.636. The van der Waals surface area contributed by atoms with Gasteiger partial charge in [-0.1, -0.05) is 31.8 Å². The molecule has 1 nitrogen and oxygen atoms in total. The Bertz CT molecular complexity index is 187. The molecule has 0 aliphatic rings. The average molecular weight is 198 g/mol. The van der Waals surface area contributed by atoms with E-state index >= 15 is 0 Å². The van der Waals surface area contributed by atoms with Crippen LogP contribution in [-0.2, 0) is 4.74 Å². The Balaban J connectivity index is 3.62. The first-order valence-electron chi connectivity index (χ1n) is 4.87. The first-order chi connectivity index (χ1) is 5.95. The summed E-state index contributed by atoms with van der Waals surface area (Å²) >= 11 is 0. The number of allylic oxidation sites excluding steroid dienone is 3. The van der Waals surface area contributed by atoms with Gasteiger partial charge in [0.05, 0.1) is 12.9 Å². The molecule has 76 valence electrons. The van der Waals surface area contributed by atoms with Crippen LogP contribution in [0.15, 0.2) is 24.0 Å². The molecule has 0 aromatic carbocycles. The molecule has 0 unspecified atom stereocenters. The fourth-order valence-corrected chi connectivity index (χ4v) is 1.59. The average Bonchev–Trinajstić information content (AvgIpc) is 1.97. The van der Waals surface area contributed by atoms with Crippen LogP contribution in [0.4, 0.5) is 0 Å². The maximum atomic E-state index is 5.45. The van der Waals surface area contributed by atoms with Crippen molar-refractivity contribution in [3.63, 3.8) is 0 Å². The summed E-state index contributed by atoms with van der Waals surface area (Å²) in [6.45, 7) is 12.0. The van der Waals surface area contributed by atoms with Gasteiger partial charge in [0, 0.05) is 8.07 Å². The molecule has 0 bridgehead atoms. The van der Waals surface area contributed by atoms with Gasteiger partial charge in [-0.15, -0.1) is 0 Å². The SMILES string of the molecule is C/C=C/C(C)=C/OCC[Si](C)(C)C. The van der Waals surface area contributed by atoms with Crippen molar-refractivity contribution in [3.8, 4) is 0 Å². The number of rotatable bonds is 5. The zero-order valence-corrected chi connectivity index (χ0v) is 10.6. The molecule has 2 heteroatoms. The van der Waals surface area contributed by atoms with E-state index in [1.807, 2.05) is 19.3 Å². The summed E-state index contributed by atoms with van der Waals surface area (Å²) in [4.78, 5) is 0. The highest BCUT2D eigenvalue weighted by Crippen LogP contribution is 2.08. The van der Waals surface area contributed by atoms with Crippen LogP contribution in [0.5, 0.6) is 0 Å². The van der Waals surface area contributed by atoms with Crippen LogP contribution >= 0.6 is 0 Å². The molecule has 0 aromatic heterocycles. The topological polar surface area (TPSA) is 9.23 Å². The van der Waals surface area contributed by atoms with Crippen LogP contribution in [0.25, 0.3) is 0 Å². The quantitative estimate of drug-likeness (QED) is 0.282. The monoisotopic (exact) mass is 198 g/mol. The highest BCUT2D eigenvalue weighted by molar-refractivity contribution is 6.76. The van der Waals surface area contributed by atoms with Crippen molar-refractivity contribution >= 4 is 8.07 Å². The van der Waals surface area contributed by atoms with Crippen molar-refractivity contribution in [2.24, 2.45) is 0 Å². The van der Waals surface area contributed by atoms with Gasteiger partial charge < -0.3 is 4.74 Å². The van der Waals surface area contributed by atoms with E-state index in [4.69, 9.17) is 4.74 Å². The standard InChI is InChI=1S/C11H22OSi/c1-6-7-11(2)10-12-8-9-13(3,4)5/h6-7,10H,8-9H2,1-5H3/b7-6+,11-10+. The van der Waals surface area contributed by atoms with Gasteiger partial charge in [0.2, 0.25) is 0 Å². The summed E-state index contributed by atoms with van der Waals surface area (Å²) in [5.74, 6) is 0. The molecule has 0 heterocycles. The van der Waals surface area contributed by atoms with E-state index in [1.54, 1.807) is 0 Å². The molecular formula is C11H22OSi. The predicted octanol–water partition coefficient (Wildman–Crippen LogP) is 3.82. The number of hydrogen-bond acceptors (Lipinski definition) is 1. The smallest absolute Gasteiger partial charge is 0.0857 e. The lowest BCUT2D eigenvalue weighted by Crippen LogP contribution is -2.21. The molecule has 0 aromatic rings. The van der Waals surface area contributed by atoms with Crippen molar-refractivity contribution < 1.29 is 4.74 Å². The number of hydrogen-bond donors (Lipinski definition) is 0. The van der Waals surface area contributed by atoms with Crippen LogP contribution in [0.3, 0.4) is 0 Å². The van der Waals surface area contributed by atoms with Gasteiger partial charge >= 0.3 is 0 Å². The minimum absolute atomic E-state index is 0.866. The molecule has 13 heavy (non-hydrogen) atoms. The summed E-state index contributed by atoms with van der Waals surface area (Å²) in [6, 6.07) is 1.23. The lowest BCUT2D eigenvalue weighted by atomic mass is 10.3. The van der Waals surface area contributed by atoms with E-state index < -0.39 is 8.07 Å². The van der Waals surface area contributed by atoms with Crippen LogP contribution < -0.4 is 0 Å². The minimum atomic E-state index is -0.920. The predicted molar refractivity (Wildman–Crippen MR) is 62.7 cm³/mol. The summed E-state index contributed by atoms with van der Waals surface area (Å²) < 4.78 is 5.45. The molecule has 0 saturated heterocycles.